The van der Waals surface area contributed by atoms with E-state index in [-0.39, 0.29) is 12.3 Å². The lowest BCUT2D eigenvalue weighted by atomic mass is 9.93. The maximum absolute atomic E-state index is 14.1. The van der Waals surface area contributed by atoms with Crippen LogP contribution in [-0.2, 0) is 16.0 Å². The predicted molar refractivity (Wildman–Crippen MR) is 137 cm³/mol. The average molecular weight is 485 g/mol. The number of benzene rings is 2. The molecule has 6 nitrogen and oxygen atoms in total. The first-order chi connectivity index (χ1) is 16.8. The number of ether oxygens (including phenoxy) is 1. The monoisotopic (exact) mass is 484 g/mol. The average Bonchev–Trinajstić information content (AvgIpc) is 2.83. The van der Waals surface area contributed by atoms with E-state index in [2.05, 4.69) is 24.1 Å². The molecular weight excluding hydrogens is 447 g/mol. The summed E-state index contributed by atoms with van der Waals surface area (Å²) in [6, 6.07) is 12.0. The Morgan fingerprint density at radius 1 is 1.14 bits per heavy atom. The summed E-state index contributed by atoms with van der Waals surface area (Å²) in [6.07, 6.45) is 4.99. The van der Waals surface area contributed by atoms with E-state index in [4.69, 9.17) is 4.74 Å². The standard InChI is InChI=1S/C28H37FN2O4/c1-4-26(28(33)34)35-22-14-15-25(31(18-19(2)3)21-11-6-5-7-12-21)24(17-22)30-27(32)16-20-10-8-9-13-23(20)29/h8-10,13-15,17,19,21,26H,4-7,11-12,16,18H2,1-3H3,(H,30,32)(H,33,34). The summed E-state index contributed by atoms with van der Waals surface area (Å²) in [5.41, 5.74) is 1.75. The van der Waals surface area contributed by atoms with Gasteiger partial charge in [-0.1, -0.05) is 58.2 Å². The Hall–Kier alpha value is -3.09. The van der Waals surface area contributed by atoms with Gasteiger partial charge < -0.3 is 20.1 Å². The van der Waals surface area contributed by atoms with Gasteiger partial charge in [-0.2, -0.15) is 0 Å². The first-order valence-electron chi connectivity index (χ1n) is 12.6. The second kappa shape index (κ2) is 12.6. The molecule has 2 N–H and O–H groups in total. The number of aliphatic carboxylic acids is 1. The number of carboxylic acid groups (broad SMARTS) is 1. The first-order valence-corrected chi connectivity index (χ1v) is 12.6. The highest BCUT2D eigenvalue weighted by atomic mass is 19.1. The van der Waals surface area contributed by atoms with Gasteiger partial charge in [0.15, 0.2) is 6.10 Å². The van der Waals surface area contributed by atoms with E-state index in [1.807, 2.05) is 6.07 Å². The van der Waals surface area contributed by atoms with Crippen molar-refractivity contribution < 1.29 is 23.8 Å². The summed E-state index contributed by atoms with van der Waals surface area (Å²) in [7, 11) is 0. The summed E-state index contributed by atoms with van der Waals surface area (Å²) < 4.78 is 19.9. The van der Waals surface area contributed by atoms with Crippen LogP contribution >= 0.6 is 0 Å². The molecule has 7 heteroatoms. The van der Waals surface area contributed by atoms with Crippen LogP contribution in [0.5, 0.6) is 5.75 Å². The lowest BCUT2D eigenvalue weighted by Gasteiger charge is -2.38. The summed E-state index contributed by atoms with van der Waals surface area (Å²) in [4.78, 5) is 26.8. The molecule has 1 fully saturated rings. The van der Waals surface area contributed by atoms with Crippen molar-refractivity contribution in [2.24, 2.45) is 5.92 Å². The minimum atomic E-state index is -1.04. The van der Waals surface area contributed by atoms with Gasteiger partial charge in [0.25, 0.3) is 0 Å². The Morgan fingerprint density at radius 3 is 2.49 bits per heavy atom. The summed E-state index contributed by atoms with van der Waals surface area (Å²) in [6.45, 7) is 6.91. The maximum Gasteiger partial charge on any atom is 0.344 e. The highest BCUT2D eigenvalue weighted by Gasteiger charge is 2.26. The normalized spacial score (nSPS) is 15.0. The fourth-order valence-corrected chi connectivity index (χ4v) is 4.65. The van der Waals surface area contributed by atoms with Gasteiger partial charge in [0.1, 0.15) is 11.6 Å². The third kappa shape index (κ3) is 7.44. The molecule has 0 radical (unpaired) electrons. The SMILES string of the molecule is CCC(Oc1ccc(N(CC(C)C)C2CCCCC2)c(NC(=O)Cc2ccccc2F)c1)C(=O)O. The number of nitrogens with zero attached hydrogens (tertiary/aromatic N) is 1. The maximum atomic E-state index is 14.1. The Morgan fingerprint density at radius 2 is 1.86 bits per heavy atom. The zero-order valence-corrected chi connectivity index (χ0v) is 20.9. The van der Waals surface area contributed by atoms with Crippen LogP contribution in [-0.4, -0.2) is 35.7 Å². The topological polar surface area (TPSA) is 78.9 Å². The molecule has 1 aliphatic carbocycles. The highest BCUT2D eigenvalue weighted by molar-refractivity contribution is 5.96. The van der Waals surface area contributed by atoms with Crippen LogP contribution in [0.15, 0.2) is 42.5 Å². The van der Waals surface area contributed by atoms with Crippen molar-refractivity contribution in [3.8, 4) is 5.75 Å². The molecule has 0 spiro atoms. The minimum absolute atomic E-state index is 0.0997. The molecule has 1 aliphatic rings. The molecule has 0 heterocycles. The van der Waals surface area contributed by atoms with E-state index in [0.717, 1.165) is 25.1 Å². The number of hydrogen-bond acceptors (Lipinski definition) is 4. The molecule has 0 saturated heterocycles. The van der Waals surface area contributed by atoms with E-state index in [9.17, 15) is 19.1 Å². The van der Waals surface area contributed by atoms with Gasteiger partial charge in [-0.05, 0) is 48.9 Å². The Balaban J connectivity index is 1.94. The van der Waals surface area contributed by atoms with Gasteiger partial charge in [0, 0.05) is 18.7 Å². The first kappa shape index (κ1) is 26.5. The fraction of sp³-hybridized carbons (Fsp3) is 0.500. The van der Waals surface area contributed by atoms with E-state index in [1.54, 1.807) is 37.3 Å². The molecule has 3 rings (SSSR count). The molecule has 2 aromatic carbocycles. The molecular formula is C28H37FN2O4. The fourth-order valence-electron chi connectivity index (χ4n) is 4.65. The van der Waals surface area contributed by atoms with Gasteiger partial charge in [-0.25, -0.2) is 9.18 Å². The number of amides is 1. The van der Waals surface area contributed by atoms with Gasteiger partial charge in [-0.15, -0.1) is 0 Å². The van der Waals surface area contributed by atoms with Crippen molar-refractivity contribution >= 4 is 23.3 Å². The summed E-state index contributed by atoms with van der Waals surface area (Å²) >= 11 is 0. The van der Waals surface area contributed by atoms with Crippen LogP contribution in [0.2, 0.25) is 0 Å². The zero-order valence-electron chi connectivity index (χ0n) is 20.9. The number of carbonyl (C=O) groups is 2. The molecule has 35 heavy (non-hydrogen) atoms. The quantitative estimate of drug-likeness (QED) is 0.406. The molecule has 1 unspecified atom stereocenters. The van der Waals surface area contributed by atoms with Crippen molar-refractivity contribution in [1.29, 1.82) is 0 Å². The molecule has 190 valence electrons. The summed E-state index contributed by atoms with van der Waals surface area (Å²) in [5, 5.41) is 12.4. The van der Waals surface area contributed by atoms with Crippen molar-refractivity contribution in [2.45, 2.75) is 77.9 Å². The minimum Gasteiger partial charge on any atom is -0.479 e. The predicted octanol–water partition coefficient (Wildman–Crippen LogP) is 6.04. The van der Waals surface area contributed by atoms with Gasteiger partial charge in [-0.3, -0.25) is 4.79 Å². The molecule has 2 aromatic rings. The van der Waals surface area contributed by atoms with Crippen molar-refractivity contribution in [2.75, 3.05) is 16.8 Å². The Labute approximate surface area is 207 Å². The van der Waals surface area contributed by atoms with Crippen LogP contribution in [0.4, 0.5) is 15.8 Å². The number of anilines is 2. The zero-order chi connectivity index (χ0) is 25.4. The van der Waals surface area contributed by atoms with E-state index >= 15 is 0 Å². The van der Waals surface area contributed by atoms with Crippen molar-refractivity contribution in [1.82, 2.24) is 0 Å². The number of hydrogen-bond donors (Lipinski definition) is 2. The van der Waals surface area contributed by atoms with Crippen LogP contribution in [0, 0.1) is 11.7 Å². The molecule has 1 amide bonds. The van der Waals surface area contributed by atoms with Crippen molar-refractivity contribution in [3.05, 3.63) is 53.8 Å². The molecule has 1 atom stereocenters. The third-order valence-corrected chi connectivity index (χ3v) is 6.36. The number of carboxylic acids is 1. The second-order valence-corrected chi connectivity index (χ2v) is 9.69. The van der Waals surface area contributed by atoms with E-state index in [1.165, 1.54) is 25.3 Å². The van der Waals surface area contributed by atoms with Crippen LogP contribution < -0.4 is 15.0 Å². The largest absolute Gasteiger partial charge is 0.479 e. The number of halogens is 1. The molecule has 0 bridgehead atoms. The molecule has 1 saturated carbocycles. The Bertz CT molecular complexity index is 1000. The lowest BCUT2D eigenvalue weighted by Crippen LogP contribution is -2.40. The van der Waals surface area contributed by atoms with Crippen LogP contribution in [0.1, 0.15) is 64.9 Å². The van der Waals surface area contributed by atoms with Crippen molar-refractivity contribution in [3.63, 3.8) is 0 Å². The van der Waals surface area contributed by atoms with Crippen LogP contribution in [0.3, 0.4) is 0 Å². The molecule has 0 aliphatic heterocycles. The number of carbonyl (C=O) groups excluding carboxylic acids is 1. The summed E-state index contributed by atoms with van der Waals surface area (Å²) in [5.74, 6) is -1.02. The van der Waals surface area contributed by atoms with Gasteiger partial charge in [0.2, 0.25) is 5.91 Å². The van der Waals surface area contributed by atoms with E-state index in [0.29, 0.717) is 35.4 Å². The second-order valence-electron chi connectivity index (χ2n) is 9.69. The van der Waals surface area contributed by atoms with Gasteiger partial charge >= 0.3 is 5.97 Å². The van der Waals surface area contributed by atoms with E-state index < -0.39 is 17.9 Å². The smallest absolute Gasteiger partial charge is 0.344 e. The van der Waals surface area contributed by atoms with Crippen LogP contribution in [0.25, 0.3) is 0 Å². The lowest BCUT2D eigenvalue weighted by molar-refractivity contribution is -0.145. The highest BCUT2D eigenvalue weighted by Crippen LogP contribution is 2.36. The third-order valence-electron chi connectivity index (χ3n) is 6.36. The number of nitrogens with one attached hydrogen (secondary N) is 1. The van der Waals surface area contributed by atoms with Gasteiger partial charge in [0.05, 0.1) is 17.8 Å². The number of rotatable bonds is 11. The molecule has 0 aromatic heterocycles. The Kier molecular flexibility index (Phi) is 9.52.